The first-order valence-electron chi connectivity index (χ1n) is 6.41. The molecule has 2 aliphatic heterocycles. The fraction of sp³-hybridized carbons (Fsp3) is 0.462. The molecule has 3 rings (SSSR count). The number of ether oxygens (including phenoxy) is 2. The molecule has 0 radical (unpaired) electrons. The molecule has 4 N–H and O–H groups in total. The summed E-state index contributed by atoms with van der Waals surface area (Å²) >= 11 is 0. The molecule has 7 nitrogen and oxygen atoms in total. The van der Waals surface area contributed by atoms with Crippen molar-refractivity contribution in [2.24, 2.45) is 5.73 Å². The maximum absolute atomic E-state index is 12.1. The van der Waals surface area contributed by atoms with E-state index in [-0.39, 0.29) is 13.0 Å². The van der Waals surface area contributed by atoms with E-state index in [0.29, 0.717) is 11.3 Å². The molecular formula is C13H16N2O5. The maximum atomic E-state index is 12.1. The highest BCUT2D eigenvalue weighted by Crippen LogP contribution is 2.36. The molecule has 1 amide bonds. The number of nitrogens with zero attached hydrogens (tertiary/aromatic N) is 1. The van der Waals surface area contributed by atoms with Gasteiger partial charge in [-0.3, -0.25) is 4.90 Å². The van der Waals surface area contributed by atoms with E-state index < -0.39 is 30.7 Å². The van der Waals surface area contributed by atoms with E-state index in [9.17, 15) is 9.90 Å². The van der Waals surface area contributed by atoms with Crippen LogP contribution in [0.2, 0.25) is 0 Å². The van der Waals surface area contributed by atoms with Crippen LogP contribution in [0.4, 0.5) is 4.79 Å². The van der Waals surface area contributed by atoms with Gasteiger partial charge >= 0.3 is 6.09 Å². The third-order valence-electron chi connectivity index (χ3n) is 3.64. The lowest BCUT2D eigenvalue weighted by Crippen LogP contribution is -2.50. The van der Waals surface area contributed by atoms with Gasteiger partial charge in [0.2, 0.25) is 0 Å². The van der Waals surface area contributed by atoms with Crippen molar-refractivity contribution in [2.75, 3.05) is 6.61 Å². The van der Waals surface area contributed by atoms with Crippen LogP contribution in [0.5, 0.6) is 5.75 Å². The Labute approximate surface area is 115 Å². The number of carbonyl (C=O) groups is 1. The minimum atomic E-state index is -0.831. The van der Waals surface area contributed by atoms with Gasteiger partial charge in [0, 0.05) is 12.0 Å². The monoisotopic (exact) mass is 280 g/mol. The van der Waals surface area contributed by atoms with E-state index in [1.807, 2.05) is 0 Å². The molecule has 1 saturated heterocycles. The zero-order valence-corrected chi connectivity index (χ0v) is 10.7. The van der Waals surface area contributed by atoms with Crippen molar-refractivity contribution >= 4 is 6.09 Å². The standard InChI is InChI=1S/C13H16N2O5/c14-12-7-3-1-2-4-9(7)20-13(18)15(12)11-5-8(17)10(6-16)19-11/h1-4,8,10-12,16-17H,5-6,14H2/t8-,10+,11+,12?/m0/s1. The number of benzene rings is 1. The Morgan fingerprint density at radius 1 is 1.40 bits per heavy atom. The van der Waals surface area contributed by atoms with Crippen LogP contribution >= 0.6 is 0 Å². The normalized spacial score (nSPS) is 33.0. The van der Waals surface area contributed by atoms with Gasteiger partial charge in [-0.1, -0.05) is 18.2 Å². The van der Waals surface area contributed by atoms with Gasteiger partial charge in [-0.05, 0) is 6.07 Å². The predicted molar refractivity (Wildman–Crippen MR) is 67.6 cm³/mol. The van der Waals surface area contributed by atoms with Crippen molar-refractivity contribution in [3.8, 4) is 5.75 Å². The topological polar surface area (TPSA) is 105 Å². The molecular weight excluding hydrogens is 264 g/mol. The number of carbonyl (C=O) groups excluding carboxylic acids is 1. The van der Waals surface area contributed by atoms with E-state index in [4.69, 9.17) is 20.3 Å². The maximum Gasteiger partial charge on any atom is 0.418 e. The van der Waals surface area contributed by atoms with E-state index >= 15 is 0 Å². The Morgan fingerprint density at radius 3 is 2.85 bits per heavy atom. The molecule has 0 aromatic heterocycles. The van der Waals surface area contributed by atoms with Gasteiger partial charge in [-0.25, -0.2) is 4.79 Å². The molecule has 108 valence electrons. The highest BCUT2D eigenvalue weighted by molar-refractivity contribution is 5.74. The molecule has 1 aromatic rings. The van der Waals surface area contributed by atoms with E-state index in [1.54, 1.807) is 24.3 Å². The minimum Gasteiger partial charge on any atom is -0.410 e. The summed E-state index contributed by atoms with van der Waals surface area (Å²) < 4.78 is 10.7. The quantitative estimate of drug-likeness (QED) is 0.700. The Hall–Kier alpha value is -1.67. The highest BCUT2D eigenvalue weighted by atomic mass is 16.6. The molecule has 1 aromatic carbocycles. The van der Waals surface area contributed by atoms with Gasteiger partial charge in [-0.15, -0.1) is 0 Å². The van der Waals surface area contributed by atoms with Crippen LogP contribution in [0.25, 0.3) is 0 Å². The summed E-state index contributed by atoms with van der Waals surface area (Å²) in [5.41, 5.74) is 6.77. The molecule has 0 bridgehead atoms. The van der Waals surface area contributed by atoms with Crippen LogP contribution in [-0.4, -0.2) is 46.2 Å². The van der Waals surface area contributed by atoms with Crippen molar-refractivity contribution in [3.63, 3.8) is 0 Å². The first kappa shape index (κ1) is 13.3. The summed E-state index contributed by atoms with van der Waals surface area (Å²) in [5.74, 6) is 0.429. The summed E-state index contributed by atoms with van der Waals surface area (Å²) in [4.78, 5) is 13.3. The fourth-order valence-corrected chi connectivity index (χ4v) is 2.57. The average Bonchev–Trinajstić information content (AvgIpc) is 2.79. The van der Waals surface area contributed by atoms with Crippen molar-refractivity contribution in [1.82, 2.24) is 4.90 Å². The van der Waals surface area contributed by atoms with E-state index in [2.05, 4.69) is 0 Å². The number of rotatable bonds is 2. The van der Waals surface area contributed by atoms with Crippen LogP contribution in [0.1, 0.15) is 18.2 Å². The summed E-state index contributed by atoms with van der Waals surface area (Å²) in [5, 5.41) is 18.8. The Balaban J connectivity index is 1.86. The highest BCUT2D eigenvalue weighted by Gasteiger charge is 2.44. The number of hydrogen-bond acceptors (Lipinski definition) is 6. The number of nitrogens with two attached hydrogens (primary N) is 1. The van der Waals surface area contributed by atoms with Crippen LogP contribution in [0, 0.1) is 0 Å². The van der Waals surface area contributed by atoms with Gasteiger partial charge < -0.3 is 25.4 Å². The zero-order chi connectivity index (χ0) is 14.3. The molecule has 0 aliphatic carbocycles. The molecule has 1 unspecified atom stereocenters. The summed E-state index contributed by atoms with van der Waals surface area (Å²) in [7, 11) is 0. The van der Waals surface area contributed by atoms with Crippen LogP contribution in [0.15, 0.2) is 24.3 Å². The average molecular weight is 280 g/mol. The van der Waals surface area contributed by atoms with Crippen molar-refractivity contribution < 1.29 is 24.5 Å². The van der Waals surface area contributed by atoms with Gasteiger partial charge in [-0.2, -0.15) is 0 Å². The van der Waals surface area contributed by atoms with Gasteiger partial charge in [0.1, 0.15) is 24.2 Å². The molecule has 2 heterocycles. The van der Waals surface area contributed by atoms with Crippen LogP contribution in [-0.2, 0) is 4.74 Å². The Bertz CT molecular complexity index is 523. The lowest BCUT2D eigenvalue weighted by atomic mass is 10.1. The number of amides is 1. The first-order chi connectivity index (χ1) is 9.61. The molecule has 7 heteroatoms. The zero-order valence-electron chi connectivity index (χ0n) is 10.7. The van der Waals surface area contributed by atoms with Gasteiger partial charge in [0.15, 0.2) is 0 Å². The van der Waals surface area contributed by atoms with Gasteiger partial charge in [0.25, 0.3) is 0 Å². The number of aliphatic hydroxyl groups is 2. The summed E-state index contributed by atoms with van der Waals surface area (Å²) in [6.07, 6.45) is -3.39. The second kappa shape index (κ2) is 5.02. The molecule has 2 aliphatic rings. The largest absolute Gasteiger partial charge is 0.418 e. The number of para-hydroxylation sites is 1. The van der Waals surface area contributed by atoms with E-state index in [0.717, 1.165) is 0 Å². The molecule has 0 saturated carbocycles. The van der Waals surface area contributed by atoms with Crippen molar-refractivity contribution in [3.05, 3.63) is 29.8 Å². The summed E-state index contributed by atoms with van der Waals surface area (Å²) in [6.45, 7) is -0.313. The smallest absolute Gasteiger partial charge is 0.410 e. The van der Waals surface area contributed by atoms with E-state index in [1.165, 1.54) is 4.90 Å². The molecule has 1 fully saturated rings. The molecule has 4 atom stereocenters. The lowest BCUT2D eigenvalue weighted by molar-refractivity contribution is -0.0830. The minimum absolute atomic E-state index is 0.191. The third kappa shape index (κ3) is 2.04. The fourth-order valence-electron chi connectivity index (χ4n) is 2.57. The second-order valence-corrected chi connectivity index (χ2v) is 4.87. The second-order valence-electron chi connectivity index (χ2n) is 4.87. The molecule has 0 spiro atoms. The summed E-state index contributed by atoms with van der Waals surface area (Å²) in [6, 6.07) is 7.00. The number of fused-ring (bicyclic) bond motifs is 1. The van der Waals surface area contributed by atoms with Crippen LogP contribution in [0.3, 0.4) is 0 Å². The predicted octanol–water partition coefficient (Wildman–Crippen LogP) is -0.0735. The van der Waals surface area contributed by atoms with Gasteiger partial charge in [0.05, 0.1) is 12.7 Å². The number of aliphatic hydroxyl groups excluding tert-OH is 2. The third-order valence-corrected chi connectivity index (χ3v) is 3.64. The van der Waals surface area contributed by atoms with Crippen molar-refractivity contribution in [1.29, 1.82) is 0 Å². The first-order valence-corrected chi connectivity index (χ1v) is 6.41. The number of hydrogen-bond donors (Lipinski definition) is 3. The Kier molecular flexibility index (Phi) is 3.35. The lowest BCUT2D eigenvalue weighted by Gasteiger charge is -2.37. The molecule has 20 heavy (non-hydrogen) atoms. The van der Waals surface area contributed by atoms with Crippen LogP contribution < -0.4 is 10.5 Å². The Morgan fingerprint density at radius 2 is 2.15 bits per heavy atom. The van der Waals surface area contributed by atoms with Crippen molar-refractivity contribution in [2.45, 2.75) is 31.0 Å². The SMILES string of the molecule is NC1c2ccccc2OC(=O)N1[C@H]1C[C@H](O)[C@@H](CO)O1.